The zero-order valence-corrected chi connectivity index (χ0v) is 10.5. The Bertz CT molecular complexity index is 540. The number of carbonyl (C=O) groups excluding carboxylic acids is 1. The minimum Gasteiger partial charge on any atom is -0.482 e. The number of benzene rings is 1. The summed E-state index contributed by atoms with van der Waals surface area (Å²) in [6.45, 7) is 2.39. The van der Waals surface area contributed by atoms with Gasteiger partial charge >= 0.3 is 0 Å². The van der Waals surface area contributed by atoms with E-state index in [1.165, 1.54) is 0 Å². The summed E-state index contributed by atoms with van der Waals surface area (Å²) in [6.07, 6.45) is -0.892. The van der Waals surface area contributed by atoms with Crippen LogP contribution in [0.2, 0.25) is 0 Å². The Labute approximate surface area is 110 Å². The van der Waals surface area contributed by atoms with Gasteiger partial charge in [-0.25, -0.2) is 0 Å². The highest BCUT2D eigenvalue weighted by Crippen LogP contribution is 2.34. The van der Waals surface area contributed by atoms with Crippen LogP contribution in [0.5, 0.6) is 5.75 Å². The Kier molecular flexibility index (Phi) is 3.89. The fourth-order valence-electron chi connectivity index (χ4n) is 1.99. The van der Waals surface area contributed by atoms with Gasteiger partial charge in [0.15, 0.2) is 6.61 Å². The van der Waals surface area contributed by atoms with Gasteiger partial charge in [0.2, 0.25) is 0 Å². The maximum absolute atomic E-state index is 11.7. The molecule has 19 heavy (non-hydrogen) atoms. The molecule has 1 N–H and O–H groups in total. The third-order valence-electron chi connectivity index (χ3n) is 2.94. The maximum atomic E-state index is 11.7. The molecule has 0 saturated carbocycles. The lowest BCUT2D eigenvalue weighted by molar-refractivity contribution is -0.121. The van der Waals surface area contributed by atoms with Crippen molar-refractivity contribution in [1.29, 1.82) is 0 Å². The van der Waals surface area contributed by atoms with Crippen molar-refractivity contribution in [2.75, 3.05) is 24.6 Å². The quantitative estimate of drug-likeness (QED) is 0.508. The van der Waals surface area contributed by atoms with Crippen LogP contribution >= 0.6 is 0 Å². The van der Waals surface area contributed by atoms with E-state index < -0.39 is 6.10 Å². The average molecular weight is 262 g/mol. The van der Waals surface area contributed by atoms with Crippen LogP contribution in [0.15, 0.2) is 23.3 Å². The molecule has 1 atom stereocenters. The van der Waals surface area contributed by atoms with E-state index in [9.17, 15) is 9.90 Å². The summed E-state index contributed by atoms with van der Waals surface area (Å²) < 4.78 is 5.33. The molecule has 0 spiro atoms. The van der Waals surface area contributed by atoms with Crippen LogP contribution < -0.4 is 9.64 Å². The van der Waals surface area contributed by atoms with E-state index in [1.54, 1.807) is 23.1 Å². The molecule has 1 aliphatic heterocycles. The highest BCUT2D eigenvalue weighted by Gasteiger charge is 2.25. The molecule has 7 nitrogen and oxygen atoms in total. The average Bonchev–Trinajstić information content (AvgIpc) is 2.44. The van der Waals surface area contributed by atoms with Gasteiger partial charge in [-0.1, -0.05) is 11.2 Å². The molecule has 2 rings (SSSR count). The van der Waals surface area contributed by atoms with Crippen molar-refractivity contribution in [2.45, 2.75) is 13.0 Å². The number of likely N-dealkylation sites (N-methyl/N-ethyl adjacent to an activating group) is 1. The molecule has 1 heterocycles. The summed E-state index contributed by atoms with van der Waals surface area (Å²) in [7, 11) is 0. The first-order valence-electron chi connectivity index (χ1n) is 5.93. The number of fused-ring (bicyclic) bond motifs is 1. The van der Waals surface area contributed by atoms with E-state index in [4.69, 9.17) is 10.3 Å². The number of hydrogen-bond acceptors (Lipinski definition) is 4. The third kappa shape index (κ3) is 2.62. The molecule has 0 radical (unpaired) electrons. The zero-order chi connectivity index (χ0) is 13.8. The van der Waals surface area contributed by atoms with Gasteiger partial charge in [-0.15, -0.1) is 0 Å². The normalized spacial score (nSPS) is 15.3. The number of hydrogen-bond donors (Lipinski definition) is 1. The largest absolute Gasteiger partial charge is 0.482 e. The summed E-state index contributed by atoms with van der Waals surface area (Å²) >= 11 is 0. The Morgan fingerprint density at radius 1 is 1.63 bits per heavy atom. The van der Waals surface area contributed by atoms with Crippen molar-refractivity contribution in [2.24, 2.45) is 5.11 Å². The maximum Gasteiger partial charge on any atom is 0.265 e. The molecule has 0 aliphatic carbocycles. The van der Waals surface area contributed by atoms with Crippen molar-refractivity contribution >= 4 is 11.6 Å². The number of amides is 1. The number of rotatable bonds is 4. The van der Waals surface area contributed by atoms with Gasteiger partial charge in [-0.2, -0.15) is 0 Å². The molecule has 0 saturated heterocycles. The molecular weight excluding hydrogens is 248 g/mol. The Morgan fingerprint density at radius 3 is 3.11 bits per heavy atom. The number of anilines is 1. The minimum absolute atomic E-state index is 0.0292. The summed E-state index contributed by atoms with van der Waals surface area (Å²) in [4.78, 5) is 15.9. The van der Waals surface area contributed by atoms with Gasteiger partial charge in [-0.05, 0) is 30.2 Å². The minimum atomic E-state index is -0.892. The van der Waals surface area contributed by atoms with E-state index in [-0.39, 0.29) is 19.1 Å². The molecule has 1 aromatic carbocycles. The van der Waals surface area contributed by atoms with Crippen LogP contribution in [0.3, 0.4) is 0 Å². The van der Waals surface area contributed by atoms with E-state index in [2.05, 4.69) is 10.0 Å². The number of aliphatic hydroxyl groups excluding tert-OH is 1. The van der Waals surface area contributed by atoms with E-state index in [0.29, 0.717) is 23.5 Å². The Morgan fingerprint density at radius 2 is 2.42 bits per heavy atom. The van der Waals surface area contributed by atoms with Crippen LogP contribution in [0, 0.1) is 0 Å². The molecule has 7 heteroatoms. The molecular formula is C12H14N4O3. The van der Waals surface area contributed by atoms with Crippen LogP contribution in [0.1, 0.15) is 18.6 Å². The number of aliphatic hydroxyl groups is 1. The summed E-state index contributed by atoms with van der Waals surface area (Å²) in [6, 6.07) is 5.09. The molecule has 100 valence electrons. The predicted octanol–water partition coefficient (Wildman–Crippen LogP) is 1.78. The van der Waals surface area contributed by atoms with Gasteiger partial charge in [0.25, 0.3) is 5.91 Å². The predicted molar refractivity (Wildman–Crippen MR) is 68.9 cm³/mol. The Balaban J connectivity index is 2.33. The van der Waals surface area contributed by atoms with Crippen LogP contribution in [-0.4, -0.2) is 30.7 Å². The summed E-state index contributed by atoms with van der Waals surface area (Å²) in [5.74, 6) is 0.498. The molecule has 0 fully saturated rings. The molecule has 0 bridgehead atoms. The second kappa shape index (κ2) is 5.60. The van der Waals surface area contributed by atoms with Crippen LogP contribution in [-0.2, 0) is 4.79 Å². The van der Waals surface area contributed by atoms with Crippen molar-refractivity contribution in [3.8, 4) is 5.75 Å². The molecule has 1 unspecified atom stereocenters. The number of nitrogens with zero attached hydrogens (tertiary/aromatic N) is 4. The molecule has 0 aromatic heterocycles. The molecule has 1 aromatic rings. The highest BCUT2D eigenvalue weighted by atomic mass is 16.5. The lowest BCUT2D eigenvalue weighted by atomic mass is 10.1. The third-order valence-corrected chi connectivity index (χ3v) is 2.94. The second-order valence-corrected chi connectivity index (χ2v) is 4.08. The van der Waals surface area contributed by atoms with Crippen molar-refractivity contribution in [1.82, 2.24) is 0 Å². The van der Waals surface area contributed by atoms with Gasteiger partial charge in [0, 0.05) is 11.5 Å². The van der Waals surface area contributed by atoms with Gasteiger partial charge in [0.1, 0.15) is 5.75 Å². The van der Waals surface area contributed by atoms with Crippen molar-refractivity contribution in [3.63, 3.8) is 0 Å². The monoisotopic (exact) mass is 262 g/mol. The van der Waals surface area contributed by atoms with Gasteiger partial charge in [-0.3, -0.25) is 4.79 Å². The first-order chi connectivity index (χ1) is 9.17. The number of carbonyl (C=O) groups is 1. The first kappa shape index (κ1) is 13.2. The zero-order valence-electron chi connectivity index (χ0n) is 10.5. The van der Waals surface area contributed by atoms with E-state index >= 15 is 0 Å². The SMILES string of the molecule is CCN1C(=O)COc2ccc(C(O)CN=[N+]=[N-])cc21. The van der Waals surface area contributed by atoms with Gasteiger partial charge < -0.3 is 14.7 Å². The van der Waals surface area contributed by atoms with E-state index in [1.807, 2.05) is 6.92 Å². The number of ether oxygens (including phenoxy) is 1. The van der Waals surface area contributed by atoms with Crippen LogP contribution in [0.4, 0.5) is 5.69 Å². The topological polar surface area (TPSA) is 98.5 Å². The lowest BCUT2D eigenvalue weighted by Crippen LogP contribution is -2.38. The van der Waals surface area contributed by atoms with Crippen molar-refractivity contribution in [3.05, 3.63) is 34.2 Å². The smallest absolute Gasteiger partial charge is 0.265 e. The summed E-state index contributed by atoms with van der Waals surface area (Å²) in [5.41, 5.74) is 9.46. The number of azide groups is 1. The molecule has 1 aliphatic rings. The fraction of sp³-hybridized carbons (Fsp3) is 0.417. The molecule has 1 amide bonds. The highest BCUT2D eigenvalue weighted by molar-refractivity contribution is 5.97. The standard InChI is InChI=1S/C12H14N4O3/c1-2-16-9-5-8(10(17)6-14-15-13)3-4-11(9)19-7-12(16)18/h3-5,10,17H,2,6-7H2,1H3. The van der Waals surface area contributed by atoms with Gasteiger partial charge in [0.05, 0.1) is 18.3 Å². The lowest BCUT2D eigenvalue weighted by Gasteiger charge is -2.29. The summed E-state index contributed by atoms with van der Waals surface area (Å²) in [5, 5.41) is 13.2. The van der Waals surface area contributed by atoms with Crippen molar-refractivity contribution < 1.29 is 14.6 Å². The van der Waals surface area contributed by atoms with Crippen LogP contribution in [0.25, 0.3) is 10.4 Å². The Hall–Kier alpha value is -2.24. The first-order valence-corrected chi connectivity index (χ1v) is 5.93. The fourth-order valence-corrected chi connectivity index (χ4v) is 1.99. The second-order valence-electron chi connectivity index (χ2n) is 4.08. The van der Waals surface area contributed by atoms with E-state index in [0.717, 1.165) is 0 Å².